The highest BCUT2D eigenvalue weighted by Gasteiger charge is 2.25. The van der Waals surface area contributed by atoms with Crippen LogP contribution in [0.2, 0.25) is 0 Å². The van der Waals surface area contributed by atoms with Crippen LogP contribution in [0.1, 0.15) is 13.8 Å². The van der Waals surface area contributed by atoms with Crippen molar-refractivity contribution in [1.82, 2.24) is 14.3 Å². The van der Waals surface area contributed by atoms with E-state index in [4.69, 9.17) is 17.0 Å². The zero-order valence-electron chi connectivity index (χ0n) is 10.0. The minimum atomic E-state index is 0.316. The lowest BCUT2D eigenvalue weighted by Gasteiger charge is -2.32. The van der Waals surface area contributed by atoms with E-state index in [-0.39, 0.29) is 0 Å². The van der Waals surface area contributed by atoms with Gasteiger partial charge in [-0.15, -0.1) is 0 Å². The predicted octanol–water partition coefficient (Wildman–Crippen LogP) is -0.399. The van der Waals surface area contributed by atoms with Crippen molar-refractivity contribution < 1.29 is 9.64 Å². The fourth-order valence-electron chi connectivity index (χ4n) is 2.26. The first kappa shape index (κ1) is 11.8. The van der Waals surface area contributed by atoms with Gasteiger partial charge in [0, 0.05) is 7.05 Å². The second-order valence-electron chi connectivity index (χ2n) is 4.60. The van der Waals surface area contributed by atoms with Crippen molar-refractivity contribution in [2.24, 2.45) is 7.05 Å². The number of quaternary nitrogens is 1. The van der Waals surface area contributed by atoms with E-state index in [0.717, 1.165) is 24.5 Å². The molecule has 16 heavy (non-hydrogen) atoms. The van der Waals surface area contributed by atoms with E-state index in [2.05, 4.69) is 18.9 Å². The largest absolute Gasteiger partial charge is 0.364 e. The Hall–Kier alpha value is -0.720. The van der Waals surface area contributed by atoms with E-state index < -0.39 is 0 Å². The summed E-state index contributed by atoms with van der Waals surface area (Å²) >= 11 is 5.27. The molecule has 1 aromatic rings. The summed E-state index contributed by atoms with van der Waals surface area (Å²) in [5, 5.41) is 4.27. The molecule has 1 N–H and O–H groups in total. The molecule has 0 bridgehead atoms. The molecule has 2 heterocycles. The number of aromatic nitrogens is 3. The molecule has 5 nitrogen and oxygen atoms in total. The van der Waals surface area contributed by atoms with Crippen molar-refractivity contribution in [2.45, 2.75) is 32.7 Å². The number of aryl methyl sites for hydroxylation is 1. The topological polar surface area (TPSA) is 36.4 Å². The van der Waals surface area contributed by atoms with Crippen LogP contribution in [0.4, 0.5) is 0 Å². The van der Waals surface area contributed by atoms with Crippen LogP contribution in [-0.4, -0.2) is 39.6 Å². The van der Waals surface area contributed by atoms with Crippen LogP contribution in [0, 0.1) is 4.77 Å². The van der Waals surface area contributed by atoms with E-state index >= 15 is 0 Å². The molecule has 1 aliphatic heterocycles. The van der Waals surface area contributed by atoms with E-state index in [1.54, 1.807) is 6.33 Å². The maximum atomic E-state index is 5.71. The van der Waals surface area contributed by atoms with Gasteiger partial charge in [0.05, 0.1) is 0 Å². The van der Waals surface area contributed by atoms with Crippen LogP contribution in [-0.2, 0) is 18.5 Å². The lowest BCUT2D eigenvalue weighted by molar-refractivity contribution is -0.937. The van der Waals surface area contributed by atoms with Gasteiger partial charge in [-0.05, 0) is 26.1 Å². The van der Waals surface area contributed by atoms with Crippen LogP contribution >= 0.6 is 12.2 Å². The molecule has 0 amide bonds. The fraction of sp³-hybridized carbons (Fsp3) is 0.800. The fourth-order valence-corrected chi connectivity index (χ4v) is 2.42. The van der Waals surface area contributed by atoms with E-state index in [1.165, 1.54) is 4.90 Å². The number of morpholine rings is 1. The van der Waals surface area contributed by atoms with Gasteiger partial charge in [-0.1, -0.05) is 0 Å². The van der Waals surface area contributed by atoms with Crippen molar-refractivity contribution in [3.8, 4) is 0 Å². The number of rotatable bonds is 2. The number of hydrogen-bond acceptors (Lipinski definition) is 3. The first-order valence-corrected chi connectivity index (χ1v) is 6.04. The van der Waals surface area contributed by atoms with Crippen LogP contribution in [0.3, 0.4) is 0 Å². The SMILES string of the molecule is C[C@H]1C[NH+](Cn2ncn(C)c2=S)C[C@H](C)O1. The van der Waals surface area contributed by atoms with Crippen molar-refractivity contribution in [3.63, 3.8) is 0 Å². The highest BCUT2D eigenvalue weighted by atomic mass is 32.1. The molecule has 1 aliphatic rings. The highest BCUT2D eigenvalue weighted by molar-refractivity contribution is 7.71. The Labute approximate surface area is 101 Å². The Morgan fingerprint density at radius 1 is 1.50 bits per heavy atom. The van der Waals surface area contributed by atoms with Crippen molar-refractivity contribution in [3.05, 3.63) is 11.1 Å². The zero-order valence-corrected chi connectivity index (χ0v) is 10.8. The third-order valence-electron chi connectivity index (χ3n) is 2.88. The molecule has 1 aromatic heterocycles. The van der Waals surface area contributed by atoms with Crippen LogP contribution in [0.15, 0.2) is 6.33 Å². The van der Waals surface area contributed by atoms with Crippen LogP contribution in [0.5, 0.6) is 0 Å². The summed E-state index contributed by atoms with van der Waals surface area (Å²) < 4.78 is 10.2. The third-order valence-corrected chi connectivity index (χ3v) is 3.38. The van der Waals surface area contributed by atoms with Gasteiger partial charge < -0.3 is 14.2 Å². The summed E-state index contributed by atoms with van der Waals surface area (Å²) in [5.74, 6) is 0. The third kappa shape index (κ3) is 2.50. The van der Waals surface area contributed by atoms with Gasteiger partial charge in [0.25, 0.3) is 0 Å². The molecule has 0 aromatic carbocycles. The summed E-state index contributed by atoms with van der Waals surface area (Å²) in [5.41, 5.74) is 0. The van der Waals surface area contributed by atoms with Crippen LogP contribution in [0.25, 0.3) is 0 Å². The number of nitrogens with zero attached hydrogens (tertiary/aromatic N) is 3. The first-order valence-electron chi connectivity index (χ1n) is 5.63. The molecule has 1 fully saturated rings. The summed E-state index contributed by atoms with van der Waals surface area (Å²) in [6.07, 6.45) is 2.39. The predicted molar refractivity (Wildman–Crippen MR) is 62.7 cm³/mol. The molecule has 1 saturated heterocycles. The first-order chi connectivity index (χ1) is 7.56. The summed E-state index contributed by atoms with van der Waals surface area (Å²) in [4.78, 5) is 1.47. The maximum Gasteiger partial charge on any atom is 0.202 e. The Morgan fingerprint density at radius 3 is 2.62 bits per heavy atom. The van der Waals surface area contributed by atoms with Crippen LogP contribution < -0.4 is 4.90 Å². The van der Waals surface area contributed by atoms with E-state index in [0.29, 0.717) is 12.2 Å². The Morgan fingerprint density at radius 2 is 2.12 bits per heavy atom. The second-order valence-corrected chi connectivity index (χ2v) is 4.96. The summed E-state index contributed by atoms with van der Waals surface area (Å²) in [6.45, 7) is 7.10. The number of ether oxygens (including phenoxy) is 1. The minimum Gasteiger partial charge on any atom is -0.364 e. The average molecular weight is 243 g/mol. The second kappa shape index (κ2) is 4.65. The monoisotopic (exact) mass is 243 g/mol. The van der Waals surface area contributed by atoms with Gasteiger partial charge >= 0.3 is 0 Å². The zero-order chi connectivity index (χ0) is 11.7. The van der Waals surface area contributed by atoms with Crippen molar-refractivity contribution in [2.75, 3.05) is 13.1 Å². The number of nitrogens with one attached hydrogen (secondary N) is 1. The van der Waals surface area contributed by atoms with Gasteiger partial charge in [0.1, 0.15) is 31.6 Å². The molecule has 6 heteroatoms. The van der Waals surface area contributed by atoms with Gasteiger partial charge in [-0.25, -0.2) is 0 Å². The molecule has 0 radical (unpaired) electrons. The molecule has 2 atom stereocenters. The average Bonchev–Trinajstić information content (AvgIpc) is 2.48. The molecule has 0 spiro atoms. The molecule has 0 unspecified atom stereocenters. The Balaban J connectivity index is 2.04. The minimum absolute atomic E-state index is 0.316. The summed E-state index contributed by atoms with van der Waals surface area (Å²) in [7, 11) is 1.92. The smallest absolute Gasteiger partial charge is 0.202 e. The van der Waals surface area contributed by atoms with Gasteiger partial charge in [-0.3, -0.25) is 0 Å². The Bertz CT molecular complexity index is 403. The molecule has 90 valence electrons. The standard InChI is InChI=1S/C10H18N4OS/c1-8-4-13(5-9(2)15-8)7-14-10(16)12(3)6-11-14/h6,8-9H,4-5,7H2,1-3H3/p+1/t8-,9-/m0/s1. The van der Waals surface area contributed by atoms with Gasteiger partial charge in [-0.2, -0.15) is 9.78 Å². The lowest BCUT2D eigenvalue weighted by Crippen LogP contribution is -3.14. The number of hydrogen-bond donors (Lipinski definition) is 1. The summed E-state index contributed by atoms with van der Waals surface area (Å²) in [6, 6.07) is 0. The van der Waals surface area contributed by atoms with E-state index in [1.807, 2.05) is 16.3 Å². The molecular weight excluding hydrogens is 224 g/mol. The molecule has 0 aliphatic carbocycles. The van der Waals surface area contributed by atoms with E-state index in [9.17, 15) is 0 Å². The highest BCUT2D eigenvalue weighted by Crippen LogP contribution is 1.98. The van der Waals surface area contributed by atoms with Crippen molar-refractivity contribution >= 4 is 12.2 Å². The molecule has 0 saturated carbocycles. The normalized spacial score (nSPS) is 30.6. The maximum absolute atomic E-state index is 5.71. The lowest BCUT2D eigenvalue weighted by atomic mass is 10.2. The molecule has 2 rings (SSSR count). The quantitative estimate of drug-likeness (QED) is 0.718. The Kier molecular flexibility index (Phi) is 3.41. The molecular formula is C10H19N4OS+. The van der Waals surface area contributed by atoms with Gasteiger partial charge in [0.15, 0.2) is 6.67 Å². The van der Waals surface area contributed by atoms with Gasteiger partial charge in [0.2, 0.25) is 4.77 Å². The van der Waals surface area contributed by atoms with Crippen molar-refractivity contribution in [1.29, 1.82) is 0 Å².